The normalized spacial score (nSPS) is 14.4. The van der Waals surface area contributed by atoms with Crippen molar-refractivity contribution in [2.24, 2.45) is 0 Å². The summed E-state index contributed by atoms with van der Waals surface area (Å²) >= 11 is 7.27. The molecule has 1 fully saturated rings. The summed E-state index contributed by atoms with van der Waals surface area (Å²) in [5.74, 6) is 0.109. The maximum absolute atomic E-state index is 12.5. The second-order valence-electron chi connectivity index (χ2n) is 4.98. The third-order valence-electron chi connectivity index (χ3n) is 3.53. The molecule has 1 aliphatic heterocycles. The highest BCUT2D eigenvalue weighted by atomic mass is 35.5. The lowest BCUT2D eigenvalue weighted by Crippen LogP contribution is -2.28. The van der Waals surface area contributed by atoms with Gasteiger partial charge in [-0.1, -0.05) is 23.7 Å². The summed E-state index contributed by atoms with van der Waals surface area (Å²) in [4.78, 5) is 19.5. The Labute approximate surface area is 132 Å². The van der Waals surface area contributed by atoms with E-state index >= 15 is 0 Å². The van der Waals surface area contributed by atoms with Crippen molar-refractivity contribution in [1.29, 1.82) is 0 Å². The summed E-state index contributed by atoms with van der Waals surface area (Å²) in [6.45, 7) is 2.34. The van der Waals surface area contributed by atoms with E-state index in [0.717, 1.165) is 42.1 Å². The topological polar surface area (TPSA) is 45.2 Å². The lowest BCUT2D eigenvalue weighted by Gasteiger charge is -2.18. The predicted molar refractivity (Wildman–Crippen MR) is 86.0 cm³/mol. The van der Waals surface area contributed by atoms with Gasteiger partial charge in [0.25, 0.3) is 5.91 Å². The van der Waals surface area contributed by atoms with Gasteiger partial charge in [0.05, 0.1) is 12.1 Å². The Morgan fingerprint density at radius 1 is 1.33 bits per heavy atom. The molecule has 0 aliphatic carbocycles. The maximum atomic E-state index is 12.5. The molecule has 1 aliphatic rings. The number of carbonyl (C=O) groups is 1. The van der Waals surface area contributed by atoms with Gasteiger partial charge in [-0.25, -0.2) is 4.98 Å². The fourth-order valence-corrected chi connectivity index (χ4v) is 3.38. The van der Waals surface area contributed by atoms with Crippen LogP contribution in [0.4, 0.5) is 5.69 Å². The summed E-state index contributed by atoms with van der Waals surface area (Å²) in [7, 11) is 0. The molecule has 1 saturated heterocycles. The molecule has 2 heterocycles. The predicted octanol–water partition coefficient (Wildman–Crippen LogP) is 3.64. The van der Waals surface area contributed by atoms with Crippen molar-refractivity contribution in [3.8, 4) is 0 Å². The molecule has 0 spiro atoms. The van der Waals surface area contributed by atoms with Crippen LogP contribution < -0.4 is 5.32 Å². The lowest BCUT2D eigenvalue weighted by atomic mass is 10.1. The van der Waals surface area contributed by atoms with Crippen LogP contribution in [0, 0.1) is 0 Å². The van der Waals surface area contributed by atoms with Gasteiger partial charge in [0.15, 0.2) is 4.47 Å². The van der Waals surface area contributed by atoms with Gasteiger partial charge in [0.2, 0.25) is 0 Å². The summed E-state index contributed by atoms with van der Waals surface area (Å²) in [5.41, 5.74) is 1.59. The molecular formula is C15H16ClN3OS. The Morgan fingerprint density at radius 2 is 2.10 bits per heavy atom. The van der Waals surface area contributed by atoms with E-state index in [4.69, 9.17) is 11.6 Å². The number of nitrogens with zero attached hydrogens (tertiary/aromatic N) is 2. The average molecular weight is 322 g/mol. The van der Waals surface area contributed by atoms with Gasteiger partial charge in [-0.05, 0) is 25.0 Å². The van der Waals surface area contributed by atoms with E-state index in [2.05, 4.69) is 10.3 Å². The summed E-state index contributed by atoms with van der Waals surface area (Å²) < 4.78 is 0.535. The Bertz CT molecular complexity index is 637. The molecular weight excluding hydrogens is 306 g/mol. The molecule has 1 amide bonds. The van der Waals surface area contributed by atoms with Gasteiger partial charge in [0, 0.05) is 29.9 Å². The molecule has 110 valence electrons. The molecule has 0 radical (unpaired) electrons. The van der Waals surface area contributed by atoms with E-state index < -0.39 is 0 Å². The monoisotopic (exact) mass is 321 g/mol. The first kappa shape index (κ1) is 14.4. The molecule has 0 unspecified atom stereocenters. The number of rotatable bonds is 4. The minimum absolute atomic E-state index is 0.109. The number of likely N-dealkylation sites (tertiary alicyclic amines) is 1. The number of anilines is 1. The Balaban J connectivity index is 1.74. The number of hydrogen-bond donors (Lipinski definition) is 1. The first-order chi connectivity index (χ1) is 10.2. The van der Waals surface area contributed by atoms with Crippen molar-refractivity contribution in [2.75, 3.05) is 18.4 Å². The number of hydrogen-bond acceptors (Lipinski definition) is 4. The molecule has 1 aromatic carbocycles. The van der Waals surface area contributed by atoms with Gasteiger partial charge < -0.3 is 10.2 Å². The summed E-state index contributed by atoms with van der Waals surface area (Å²) in [6, 6.07) is 7.65. The van der Waals surface area contributed by atoms with Gasteiger partial charge in [-0.15, -0.1) is 11.3 Å². The van der Waals surface area contributed by atoms with E-state index in [0.29, 0.717) is 11.0 Å². The summed E-state index contributed by atoms with van der Waals surface area (Å²) in [6.07, 6.45) is 3.95. The van der Waals surface area contributed by atoms with E-state index in [-0.39, 0.29) is 5.91 Å². The zero-order valence-electron chi connectivity index (χ0n) is 11.5. The average Bonchev–Trinajstić information content (AvgIpc) is 3.16. The quantitative estimate of drug-likeness (QED) is 0.935. The van der Waals surface area contributed by atoms with E-state index in [1.165, 1.54) is 11.3 Å². The van der Waals surface area contributed by atoms with Crippen molar-refractivity contribution in [1.82, 2.24) is 9.88 Å². The van der Waals surface area contributed by atoms with Gasteiger partial charge >= 0.3 is 0 Å². The second-order valence-corrected chi connectivity index (χ2v) is 6.68. The standard InChI is InChI=1S/C15H16ClN3OS/c16-15-18-10-11(21-15)9-17-13-6-2-1-5-12(13)14(20)19-7-3-4-8-19/h1-2,5-6,10,17H,3-4,7-9H2. The van der Waals surface area contributed by atoms with Crippen LogP contribution in [0.5, 0.6) is 0 Å². The minimum atomic E-state index is 0.109. The number of carbonyl (C=O) groups excluding carboxylic acids is 1. The molecule has 3 rings (SSSR count). The van der Waals surface area contributed by atoms with Crippen LogP contribution in [-0.2, 0) is 6.54 Å². The Kier molecular flexibility index (Phi) is 4.41. The SMILES string of the molecule is O=C(c1ccccc1NCc1cnc(Cl)s1)N1CCCC1. The number of thiazole rings is 1. The van der Waals surface area contributed by atoms with Gasteiger partial charge in [-0.2, -0.15) is 0 Å². The Hall–Kier alpha value is -1.59. The number of benzene rings is 1. The molecule has 0 atom stereocenters. The number of aromatic nitrogens is 1. The zero-order valence-corrected chi connectivity index (χ0v) is 13.1. The molecule has 0 saturated carbocycles. The Morgan fingerprint density at radius 3 is 2.81 bits per heavy atom. The van der Waals surface area contributed by atoms with Crippen molar-refractivity contribution < 1.29 is 4.79 Å². The van der Waals surface area contributed by atoms with E-state index in [1.54, 1.807) is 6.20 Å². The van der Waals surface area contributed by atoms with Crippen LogP contribution in [0.1, 0.15) is 28.1 Å². The van der Waals surface area contributed by atoms with E-state index in [9.17, 15) is 4.79 Å². The smallest absolute Gasteiger partial charge is 0.255 e. The van der Waals surface area contributed by atoms with Gasteiger partial charge in [0.1, 0.15) is 0 Å². The fraction of sp³-hybridized carbons (Fsp3) is 0.333. The fourth-order valence-electron chi connectivity index (χ4n) is 2.46. The third-order valence-corrected chi connectivity index (χ3v) is 4.64. The second kappa shape index (κ2) is 6.45. The molecule has 21 heavy (non-hydrogen) atoms. The van der Waals surface area contributed by atoms with Crippen LogP contribution in [0.25, 0.3) is 0 Å². The number of para-hydroxylation sites is 1. The maximum Gasteiger partial charge on any atom is 0.255 e. The van der Waals surface area contributed by atoms with Crippen LogP contribution in [0.15, 0.2) is 30.5 Å². The first-order valence-corrected chi connectivity index (χ1v) is 8.16. The van der Waals surface area contributed by atoms with E-state index in [1.807, 2.05) is 29.2 Å². The third kappa shape index (κ3) is 3.36. The molecule has 1 N–H and O–H groups in total. The highest BCUT2D eigenvalue weighted by molar-refractivity contribution is 7.15. The largest absolute Gasteiger partial charge is 0.379 e. The van der Waals surface area contributed by atoms with Gasteiger partial charge in [-0.3, -0.25) is 4.79 Å². The number of halogens is 1. The van der Waals surface area contributed by atoms with Crippen molar-refractivity contribution in [3.05, 3.63) is 45.4 Å². The minimum Gasteiger partial charge on any atom is -0.379 e. The van der Waals surface area contributed by atoms with Crippen LogP contribution in [-0.4, -0.2) is 28.9 Å². The van der Waals surface area contributed by atoms with Crippen LogP contribution in [0.3, 0.4) is 0 Å². The van der Waals surface area contributed by atoms with Crippen molar-refractivity contribution in [2.45, 2.75) is 19.4 Å². The highest BCUT2D eigenvalue weighted by Crippen LogP contribution is 2.23. The highest BCUT2D eigenvalue weighted by Gasteiger charge is 2.21. The molecule has 0 bridgehead atoms. The number of amides is 1. The van der Waals surface area contributed by atoms with Crippen LogP contribution >= 0.6 is 22.9 Å². The molecule has 6 heteroatoms. The summed E-state index contributed by atoms with van der Waals surface area (Å²) in [5, 5.41) is 3.31. The first-order valence-electron chi connectivity index (χ1n) is 6.96. The van der Waals surface area contributed by atoms with Crippen molar-refractivity contribution >= 4 is 34.5 Å². The number of nitrogens with one attached hydrogen (secondary N) is 1. The molecule has 2 aromatic rings. The lowest BCUT2D eigenvalue weighted by molar-refractivity contribution is 0.0793. The molecule has 4 nitrogen and oxygen atoms in total. The van der Waals surface area contributed by atoms with Crippen LogP contribution in [0.2, 0.25) is 4.47 Å². The zero-order chi connectivity index (χ0) is 14.7. The molecule has 1 aromatic heterocycles. The van der Waals surface area contributed by atoms with Crippen molar-refractivity contribution in [3.63, 3.8) is 0 Å².